The zero-order valence-electron chi connectivity index (χ0n) is 17.0. The molecule has 1 amide bonds. The van der Waals surface area contributed by atoms with Crippen molar-refractivity contribution in [2.45, 2.75) is 25.7 Å². The van der Waals surface area contributed by atoms with Gasteiger partial charge < -0.3 is 14.6 Å². The molecule has 2 heterocycles. The summed E-state index contributed by atoms with van der Waals surface area (Å²) in [6.07, 6.45) is 5.74. The molecular formula is C23H25N3O4. The number of carbonyl (C=O) groups is 1. The Morgan fingerprint density at radius 3 is 2.60 bits per heavy atom. The molecule has 0 aliphatic carbocycles. The molecule has 1 saturated heterocycles. The van der Waals surface area contributed by atoms with Gasteiger partial charge in [0, 0.05) is 42.3 Å². The predicted octanol–water partition coefficient (Wildman–Crippen LogP) is 4.57. The van der Waals surface area contributed by atoms with Gasteiger partial charge in [0.05, 0.1) is 17.6 Å². The molecule has 1 aromatic heterocycles. The van der Waals surface area contributed by atoms with Crippen LogP contribution in [0.1, 0.15) is 35.2 Å². The number of hydrogen-bond donors (Lipinski definition) is 1. The Hall–Kier alpha value is -3.35. The fourth-order valence-electron chi connectivity index (χ4n) is 4.16. The number of carbonyl (C=O) groups excluding carboxylic acids is 1. The second-order valence-electron chi connectivity index (χ2n) is 7.81. The summed E-state index contributed by atoms with van der Waals surface area (Å²) >= 11 is 0. The fourth-order valence-corrected chi connectivity index (χ4v) is 4.16. The van der Waals surface area contributed by atoms with Crippen molar-refractivity contribution >= 4 is 22.5 Å². The number of benzene rings is 2. The molecule has 4 rings (SSSR count). The molecule has 1 aliphatic heterocycles. The minimum atomic E-state index is -0.436. The number of nitro benzene ring substituents is 1. The number of nitro groups is 1. The van der Waals surface area contributed by atoms with Crippen molar-refractivity contribution in [1.82, 2.24) is 9.88 Å². The van der Waals surface area contributed by atoms with E-state index in [9.17, 15) is 14.9 Å². The van der Waals surface area contributed by atoms with Crippen molar-refractivity contribution in [3.05, 3.63) is 69.9 Å². The first-order valence-corrected chi connectivity index (χ1v) is 10.2. The lowest BCUT2D eigenvalue weighted by Gasteiger charge is -2.32. The normalized spacial score (nSPS) is 14.8. The van der Waals surface area contributed by atoms with E-state index in [-0.39, 0.29) is 11.6 Å². The molecule has 7 heteroatoms. The molecule has 1 N–H and O–H groups in total. The van der Waals surface area contributed by atoms with E-state index in [1.165, 1.54) is 17.7 Å². The highest BCUT2D eigenvalue weighted by atomic mass is 16.6. The number of ether oxygens (including phenoxy) is 1. The Labute approximate surface area is 174 Å². The van der Waals surface area contributed by atoms with Gasteiger partial charge in [0.2, 0.25) is 0 Å². The van der Waals surface area contributed by atoms with Crippen LogP contribution < -0.4 is 4.74 Å². The first-order valence-electron chi connectivity index (χ1n) is 10.2. The van der Waals surface area contributed by atoms with Gasteiger partial charge in [-0.05, 0) is 55.4 Å². The van der Waals surface area contributed by atoms with Crippen molar-refractivity contribution in [3.63, 3.8) is 0 Å². The zero-order chi connectivity index (χ0) is 21.1. The Morgan fingerprint density at radius 1 is 1.20 bits per heavy atom. The molecule has 0 saturated carbocycles. The topological polar surface area (TPSA) is 88.5 Å². The fraction of sp³-hybridized carbons (Fsp3) is 0.348. The van der Waals surface area contributed by atoms with Gasteiger partial charge in [-0.25, -0.2) is 0 Å². The SMILES string of the molecule is COc1ccc(CCC2CCN(C(=O)c3c[nH]c4ccc([N+](=O)[O-])cc34)CC2)cc1. The molecule has 1 fully saturated rings. The summed E-state index contributed by atoms with van der Waals surface area (Å²) in [6, 6.07) is 12.8. The summed E-state index contributed by atoms with van der Waals surface area (Å²) in [6.45, 7) is 1.43. The van der Waals surface area contributed by atoms with Crippen LogP contribution in [0.3, 0.4) is 0 Å². The number of aromatic amines is 1. The lowest BCUT2D eigenvalue weighted by Crippen LogP contribution is -2.38. The number of likely N-dealkylation sites (tertiary alicyclic amines) is 1. The van der Waals surface area contributed by atoms with Crippen molar-refractivity contribution < 1.29 is 14.5 Å². The summed E-state index contributed by atoms with van der Waals surface area (Å²) in [5, 5.41) is 11.7. The summed E-state index contributed by atoms with van der Waals surface area (Å²) in [5.74, 6) is 1.41. The van der Waals surface area contributed by atoms with Crippen molar-refractivity contribution in [2.75, 3.05) is 20.2 Å². The predicted molar refractivity (Wildman–Crippen MR) is 115 cm³/mol. The van der Waals surface area contributed by atoms with E-state index in [4.69, 9.17) is 4.74 Å². The minimum absolute atomic E-state index is 0.00612. The van der Waals surface area contributed by atoms with Gasteiger partial charge in [0.15, 0.2) is 0 Å². The number of rotatable bonds is 6. The largest absolute Gasteiger partial charge is 0.497 e. The average molecular weight is 407 g/mol. The quantitative estimate of drug-likeness (QED) is 0.479. The van der Waals surface area contributed by atoms with Gasteiger partial charge in [-0.15, -0.1) is 0 Å². The molecule has 0 bridgehead atoms. The lowest BCUT2D eigenvalue weighted by atomic mass is 9.90. The van der Waals surface area contributed by atoms with E-state index in [1.807, 2.05) is 17.0 Å². The molecule has 156 valence electrons. The molecule has 1 aliphatic rings. The van der Waals surface area contributed by atoms with Crippen molar-refractivity contribution in [3.8, 4) is 5.75 Å². The number of methoxy groups -OCH3 is 1. The van der Waals surface area contributed by atoms with Crippen molar-refractivity contribution in [1.29, 1.82) is 0 Å². The first-order chi connectivity index (χ1) is 14.5. The van der Waals surface area contributed by atoms with Crippen LogP contribution in [0.25, 0.3) is 10.9 Å². The maximum Gasteiger partial charge on any atom is 0.270 e. The maximum atomic E-state index is 13.0. The number of H-pyrrole nitrogens is 1. The Morgan fingerprint density at radius 2 is 1.93 bits per heavy atom. The summed E-state index contributed by atoms with van der Waals surface area (Å²) in [7, 11) is 1.67. The van der Waals surface area contributed by atoms with Gasteiger partial charge in [-0.2, -0.15) is 0 Å². The zero-order valence-corrected chi connectivity index (χ0v) is 17.0. The van der Waals surface area contributed by atoms with E-state index < -0.39 is 4.92 Å². The number of aryl methyl sites for hydroxylation is 1. The molecule has 0 spiro atoms. The maximum absolute atomic E-state index is 13.0. The van der Waals surface area contributed by atoms with E-state index >= 15 is 0 Å². The van der Waals surface area contributed by atoms with Crippen LogP contribution in [0.15, 0.2) is 48.7 Å². The molecule has 0 radical (unpaired) electrons. The lowest BCUT2D eigenvalue weighted by molar-refractivity contribution is -0.384. The van der Waals surface area contributed by atoms with Crippen LogP contribution >= 0.6 is 0 Å². The minimum Gasteiger partial charge on any atom is -0.497 e. The number of hydrogen-bond acceptors (Lipinski definition) is 4. The number of amides is 1. The summed E-state index contributed by atoms with van der Waals surface area (Å²) < 4.78 is 5.20. The van der Waals surface area contributed by atoms with E-state index in [2.05, 4.69) is 17.1 Å². The summed E-state index contributed by atoms with van der Waals surface area (Å²) in [4.78, 5) is 28.6. The van der Waals surface area contributed by atoms with Crippen LogP contribution in [0.2, 0.25) is 0 Å². The van der Waals surface area contributed by atoms with Gasteiger partial charge in [0.1, 0.15) is 5.75 Å². The van der Waals surface area contributed by atoms with Crippen molar-refractivity contribution in [2.24, 2.45) is 5.92 Å². The smallest absolute Gasteiger partial charge is 0.270 e. The van der Waals surface area contributed by atoms with Crippen LogP contribution in [-0.4, -0.2) is 40.9 Å². The van der Waals surface area contributed by atoms with E-state index in [0.717, 1.165) is 36.9 Å². The van der Waals surface area contributed by atoms with Crippen LogP contribution in [0.4, 0.5) is 5.69 Å². The molecule has 0 unspecified atom stereocenters. The first kappa shape index (κ1) is 19.9. The highest BCUT2D eigenvalue weighted by Gasteiger charge is 2.25. The van der Waals surface area contributed by atoms with Gasteiger partial charge in [-0.3, -0.25) is 14.9 Å². The van der Waals surface area contributed by atoms with Gasteiger partial charge in [0.25, 0.3) is 11.6 Å². The Balaban J connectivity index is 1.35. The highest BCUT2D eigenvalue weighted by Crippen LogP contribution is 2.28. The third-order valence-electron chi connectivity index (χ3n) is 6.01. The molecule has 7 nitrogen and oxygen atoms in total. The monoisotopic (exact) mass is 407 g/mol. The van der Waals surface area contributed by atoms with Crippen LogP contribution in [0.5, 0.6) is 5.75 Å². The molecule has 2 aromatic carbocycles. The third kappa shape index (κ3) is 4.15. The van der Waals surface area contributed by atoms with Crippen LogP contribution in [-0.2, 0) is 6.42 Å². The second kappa shape index (κ2) is 8.57. The number of aromatic nitrogens is 1. The highest BCUT2D eigenvalue weighted by molar-refractivity contribution is 6.07. The van der Waals surface area contributed by atoms with Gasteiger partial charge >= 0.3 is 0 Å². The van der Waals surface area contributed by atoms with Gasteiger partial charge in [-0.1, -0.05) is 12.1 Å². The molecule has 30 heavy (non-hydrogen) atoms. The van der Waals surface area contributed by atoms with E-state index in [0.29, 0.717) is 30.0 Å². The Bertz CT molecular complexity index is 1050. The van der Waals surface area contributed by atoms with E-state index in [1.54, 1.807) is 19.4 Å². The number of fused-ring (bicyclic) bond motifs is 1. The van der Waals surface area contributed by atoms with Crippen LogP contribution in [0, 0.1) is 16.0 Å². The standard InChI is InChI=1S/C23H25N3O4/c1-30-19-7-4-16(5-8-19)2-3-17-10-12-25(13-11-17)23(27)21-15-24-22-9-6-18(26(28)29)14-20(21)22/h4-9,14-15,17,24H,2-3,10-13H2,1H3. The number of nitrogens with one attached hydrogen (secondary N) is 1. The number of non-ortho nitro benzene ring substituents is 1. The number of piperidine rings is 1. The molecule has 0 atom stereocenters. The second-order valence-corrected chi connectivity index (χ2v) is 7.81. The summed E-state index contributed by atoms with van der Waals surface area (Å²) in [5.41, 5.74) is 2.53. The average Bonchev–Trinajstić information content (AvgIpc) is 3.21. The Kier molecular flexibility index (Phi) is 5.70. The third-order valence-corrected chi connectivity index (χ3v) is 6.01. The number of nitrogens with zero attached hydrogens (tertiary/aromatic N) is 2. The molecular weight excluding hydrogens is 382 g/mol. The molecule has 3 aromatic rings.